The molecule has 0 radical (unpaired) electrons. The van der Waals surface area contributed by atoms with Crippen molar-refractivity contribution in [2.75, 3.05) is 0 Å². The van der Waals surface area contributed by atoms with E-state index in [4.69, 9.17) is 4.74 Å². The summed E-state index contributed by atoms with van der Waals surface area (Å²) in [6.45, 7) is 0.102. The number of ether oxygens (including phenoxy) is 1. The summed E-state index contributed by atoms with van der Waals surface area (Å²) in [6, 6.07) is 11.9. The number of amides is 2. The van der Waals surface area contributed by atoms with Crippen LogP contribution in [0, 0.1) is 0 Å². The van der Waals surface area contributed by atoms with E-state index in [0.717, 1.165) is 11.1 Å². The van der Waals surface area contributed by atoms with Gasteiger partial charge in [-0.25, -0.2) is 15.2 Å². The average Bonchev–Trinajstić information content (AvgIpc) is 3.26. The van der Waals surface area contributed by atoms with Gasteiger partial charge in [-0.1, -0.05) is 30.3 Å². The minimum absolute atomic E-state index is 0.102. The molecule has 29 heavy (non-hydrogen) atoms. The number of aromatic nitrogens is 3. The third-order valence-electron chi connectivity index (χ3n) is 3.89. The number of H-pyrrole nitrogens is 1. The Morgan fingerprint density at radius 2 is 1.93 bits per heavy atom. The van der Waals surface area contributed by atoms with Gasteiger partial charge in [0, 0.05) is 30.7 Å². The van der Waals surface area contributed by atoms with E-state index >= 15 is 0 Å². The molecule has 0 saturated heterocycles. The van der Waals surface area contributed by atoms with E-state index in [-0.39, 0.29) is 13.0 Å². The highest BCUT2D eigenvalue weighted by Crippen LogP contribution is 2.03. The quantitative estimate of drug-likeness (QED) is 0.399. The maximum Gasteiger partial charge on any atom is 0.408 e. The van der Waals surface area contributed by atoms with Crippen LogP contribution in [0.5, 0.6) is 0 Å². The van der Waals surface area contributed by atoms with Gasteiger partial charge in [0.15, 0.2) is 0 Å². The SMILES string of the molecule is O=C(N[C@H](Cc1cnc[nH]1)C(=O)N/N=C\c1ccncc1)OCc1ccccc1. The van der Waals surface area contributed by atoms with Crippen molar-refractivity contribution in [1.82, 2.24) is 25.7 Å². The Hall–Kier alpha value is -4.01. The Balaban J connectivity index is 1.58. The van der Waals surface area contributed by atoms with Gasteiger partial charge in [-0.15, -0.1) is 0 Å². The molecule has 9 heteroatoms. The van der Waals surface area contributed by atoms with Gasteiger partial charge in [-0.3, -0.25) is 9.78 Å². The first-order valence-electron chi connectivity index (χ1n) is 8.88. The zero-order chi connectivity index (χ0) is 20.3. The zero-order valence-corrected chi connectivity index (χ0v) is 15.5. The van der Waals surface area contributed by atoms with E-state index < -0.39 is 18.0 Å². The first-order valence-corrected chi connectivity index (χ1v) is 8.88. The van der Waals surface area contributed by atoms with Gasteiger partial charge in [0.1, 0.15) is 12.6 Å². The molecule has 3 rings (SSSR count). The van der Waals surface area contributed by atoms with Gasteiger partial charge >= 0.3 is 6.09 Å². The molecule has 3 aromatic rings. The van der Waals surface area contributed by atoms with Crippen LogP contribution in [0.1, 0.15) is 16.8 Å². The van der Waals surface area contributed by atoms with Crippen LogP contribution in [0.2, 0.25) is 0 Å². The maximum atomic E-state index is 12.5. The standard InChI is InChI=1S/C20H20N6O3/c27-19(26-24-11-15-6-8-21-9-7-15)18(10-17-12-22-14-23-17)25-20(28)29-13-16-4-2-1-3-5-16/h1-9,11-12,14,18H,10,13H2,(H,22,23)(H,25,28)(H,26,27)/b24-11-/t18-/m1/s1. The maximum absolute atomic E-state index is 12.5. The van der Waals surface area contributed by atoms with Gasteiger partial charge in [0.05, 0.1) is 12.5 Å². The number of carbonyl (C=O) groups excluding carboxylic acids is 2. The van der Waals surface area contributed by atoms with Crippen molar-refractivity contribution in [3.8, 4) is 0 Å². The summed E-state index contributed by atoms with van der Waals surface area (Å²) in [6.07, 6.45) is 7.31. The smallest absolute Gasteiger partial charge is 0.408 e. The fraction of sp³-hybridized carbons (Fsp3) is 0.150. The topological polar surface area (TPSA) is 121 Å². The zero-order valence-electron chi connectivity index (χ0n) is 15.5. The van der Waals surface area contributed by atoms with E-state index in [1.54, 1.807) is 30.7 Å². The number of nitrogens with one attached hydrogen (secondary N) is 3. The van der Waals surface area contributed by atoms with Crippen LogP contribution in [-0.2, 0) is 22.6 Å². The lowest BCUT2D eigenvalue weighted by Gasteiger charge is -2.16. The summed E-state index contributed by atoms with van der Waals surface area (Å²) < 4.78 is 5.20. The fourth-order valence-electron chi connectivity index (χ4n) is 2.43. The number of benzene rings is 1. The second kappa shape index (κ2) is 10.4. The molecular weight excluding hydrogens is 372 g/mol. The summed E-state index contributed by atoms with van der Waals surface area (Å²) in [7, 11) is 0. The molecule has 0 aliphatic rings. The lowest BCUT2D eigenvalue weighted by atomic mass is 10.1. The minimum Gasteiger partial charge on any atom is -0.445 e. The van der Waals surface area contributed by atoms with Gasteiger partial charge in [-0.05, 0) is 23.3 Å². The second-order valence-corrected chi connectivity index (χ2v) is 6.05. The van der Waals surface area contributed by atoms with Crippen molar-refractivity contribution in [2.45, 2.75) is 19.1 Å². The Labute approximate surface area is 167 Å². The van der Waals surface area contributed by atoms with E-state index in [1.807, 2.05) is 30.3 Å². The Bertz CT molecular complexity index is 929. The number of imidazole rings is 1. The van der Waals surface area contributed by atoms with Crippen LogP contribution >= 0.6 is 0 Å². The van der Waals surface area contributed by atoms with Gasteiger partial charge in [0.25, 0.3) is 5.91 Å². The number of alkyl carbamates (subject to hydrolysis) is 1. The number of pyridine rings is 1. The highest BCUT2D eigenvalue weighted by atomic mass is 16.5. The number of nitrogens with zero attached hydrogens (tertiary/aromatic N) is 3. The fourth-order valence-corrected chi connectivity index (χ4v) is 2.43. The molecule has 0 aliphatic carbocycles. The van der Waals surface area contributed by atoms with Crippen LogP contribution < -0.4 is 10.7 Å². The average molecular weight is 392 g/mol. The molecule has 3 N–H and O–H groups in total. The first-order chi connectivity index (χ1) is 14.2. The monoisotopic (exact) mass is 392 g/mol. The van der Waals surface area contributed by atoms with Gasteiger partial charge < -0.3 is 15.0 Å². The molecule has 9 nitrogen and oxygen atoms in total. The Kier molecular flexibility index (Phi) is 7.05. The number of hydrogen-bond donors (Lipinski definition) is 3. The highest BCUT2D eigenvalue weighted by molar-refractivity contribution is 5.87. The lowest BCUT2D eigenvalue weighted by molar-refractivity contribution is -0.123. The molecule has 0 unspecified atom stereocenters. The summed E-state index contributed by atoms with van der Waals surface area (Å²) >= 11 is 0. The molecular formula is C20H20N6O3. The van der Waals surface area contributed by atoms with E-state index in [1.165, 1.54) is 12.5 Å². The van der Waals surface area contributed by atoms with Crippen molar-refractivity contribution >= 4 is 18.2 Å². The molecule has 0 saturated carbocycles. The van der Waals surface area contributed by atoms with Crippen LogP contribution in [0.25, 0.3) is 0 Å². The summed E-state index contributed by atoms with van der Waals surface area (Å²) in [5, 5.41) is 6.49. The number of aromatic amines is 1. The third kappa shape index (κ3) is 6.58. The molecule has 2 aromatic heterocycles. The molecule has 2 heterocycles. The summed E-state index contributed by atoms with van der Waals surface area (Å²) in [5.74, 6) is -0.485. The number of hydrogen-bond acceptors (Lipinski definition) is 6. The molecule has 0 bridgehead atoms. The predicted molar refractivity (Wildman–Crippen MR) is 106 cm³/mol. The van der Waals surface area contributed by atoms with E-state index in [0.29, 0.717) is 5.69 Å². The molecule has 1 atom stereocenters. The third-order valence-corrected chi connectivity index (χ3v) is 3.89. The first kappa shape index (κ1) is 19.7. The molecule has 148 valence electrons. The van der Waals surface area contributed by atoms with Crippen LogP contribution in [0.15, 0.2) is 72.5 Å². The van der Waals surface area contributed by atoms with Crippen molar-refractivity contribution in [1.29, 1.82) is 0 Å². The Morgan fingerprint density at radius 1 is 1.14 bits per heavy atom. The lowest BCUT2D eigenvalue weighted by Crippen LogP contribution is -2.47. The normalized spacial score (nSPS) is 11.7. The van der Waals surface area contributed by atoms with Crippen LogP contribution in [0.3, 0.4) is 0 Å². The van der Waals surface area contributed by atoms with E-state index in [2.05, 4.69) is 30.8 Å². The number of carbonyl (C=O) groups is 2. The molecule has 2 amide bonds. The van der Waals surface area contributed by atoms with Crippen LogP contribution in [0.4, 0.5) is 4.79 Å². The van der Waals surface area contributed by atoms with Crippen molar-refractivity contribution in [3.05, 3.63) is 84.2 Å². The summed E-state index contributed by atoms with van der Waals surface area (Å²) in [5.41, 5.74) is 4.74. The summed E-state index contributed by atoms with van der Waals surface area (Å²) in [4.78, 5) is 35.4. The second-order valence-electron chi connectivity index (χ2n) is 6.05. The van der Waals surface area contributed by atoms with Gasteiger partial charge in [-0.2, -0.15) is 5.10 Å². The van der Waals surface area contributed by atoms with E-state index in [9.17, 15) is 9.59 Å². The number of hydrazone groups is 1. The minimum atomic E-state index is -0.895. The van der Waals surface area contributed by atoms with Crippen molar-refractivity contribution in [2.24, 2.45) is 5.10 Å². The molecule has 1 aromatic carbocycles. The molecule has 0 fully saturated rings. The largest absolute Gasteiger partial charge is 0.445 e. The van der Waals surface area contributed by atoms with Gasteiger partial charge in [0.2, 0.25) is 0 Å². The van der Waals surface area contributed by atoms with Crippen LogP contribution in [-0.4, -0.2) is 39.2 Å². The molecule has 0 aliphatic heterocycles. The van der Waals surface area contributed by atoms with Crippen molar-refractivity contribution in [3.63, 3.8) is 0 Å². The number of rotatable bonds is 8. The van der Waals surface area contributed by atoms with Crippen molar-refractivity contribution < 1.29 is 14.3 Å². The molecule has 0 spiro atoms. The Morgan fingerprint density at radius 3 is 2.66 bits per heavy atom. The predicted octanol–water partition coefficient (Wildman–Crippen LogP) is 1.79. The highest BCUT2D eigenvalue weighted by Gasteiger charge is 2.22.